The van der Waals surface area contributed by atoms with Gasteiger partial charge >= 0.3 is 6.36 Å². The summed E-state index contributed by atoms with van der Waals surface area (Å²) in [5, 5.41) is 0. The summed E-state index contributed by atoms with van der Waals surface area (Å²) in [4.78, 5) is 14.7. The molecule has 5 nitrogen and oxygen atoms in total. The zero-order valence-corrected chi connectivity index (χ0v) is 15.6. The summed E-state index contributed by atoms with van der Waals surface area (Å²) < 4.78 is 52.2. The highest BCUT2D eigenvalue weighted by molar-refractivity contribution is 5.94. The van der Waals surface area contributed by atoms with Crippen molar-refractivity contribution in [3.63, 3.8) is 0 Å². The summed E-state index contributed by atoms with van der Waals surface area (Å²) in [7, 11) is 0. The van der Waals surface area contributed by atoms with Crippen LogP contribution in [0.3, 0.4) is 0 Å². The molecule has 1 saturated heterocycles. The third kappa shape index (κ3) is 4.41. The first-order valence-corrected chi connectivity index (χ1v) is 9.47. The highest BCUT2D eigenvalue weighted by Crippen LogP contribution is 2.38. The molecule has 154 valence electrons. The summed E-state index contributed by atoms with van der Waals surface area (Å²) in [6.45, 7) is 1.77. The van der Waals surface area contributed by atoms with E-state index in [0.717, 1.165) is 37.0 Å². The number of hydrogen-bond acceptors (Lipinski definition) is 4. The number of likely N-dealkylation sites (tertiary alicyclic amines) is 1. The van der Waals surface area contributed by atoms with Gasteiger partial charge in [-0.25, -0.2) is 0 Å². The first-order valence-electron chi connectivity index (χ1n) is 9.47. The number of alkyl halides is 3. The summed E-state index contributed by atoms with van der Waals surface area (Å²) >= 11 is 0. The summed E-state index contributed by atoms with van der Waals surface area (Å²) in [6, 6.07) is 10.6. The highest BCUT2D eigenvalue weighted by Gasteiger charge is 2.33. The van der Waals surface area contributed by atoms with Crippen LogP contribution in [0.25, 0.3) is 0 Å². The molecular weight excluding hydrogens is 387 g/mol. The van der Waals surface area contributed by atoms with Crippen molar-refractivity contribution in [2.24, 2.45) is 0 Å². The number of hydrogen-bond donors (Lipinski definition) is 0. The Kier molecular flexibility index (Phi) is 5.25. The molecule has 8 heteroatoms. The number of ether oxygens (including phenoxy) is 3. The Morgan fingerprint density at radius 2 is 1.72 bits per heavy atom. The molecule has 0 radical (unpaired) electrons. The van der Waals surface area contributed by atoms with E-state index in [1.54, 1.807) is 4.90 Å². The number of nitrogens with zero attached hydrogens (tertiary/aromatic N) is 1. The Bertz CT molecular complexity index is 882. The molecule has 29 heavy (non-hydrogen) atoms. The van der Waals surface area contributed by atoms with Crippen molar-refractivity contribution in [3.8, 4) is 17.2 Å². The minimum absolute atomic E-state index is 0.120. The van der Waals surface area contributed by atoms with Crippen LogP contribution < -0.4 is 14.2 Å². The molecule has 2 heterocycles. The normalized spacial score (nSPS) is 19.0. The fraction of sp³-hybridized carbons (Fsp3) is 0.381. The van der Waals surface area contributed by atoms with Gasteiger partial charge in [0.05, 0.1) is 19.3 Å². The lowest BCUT2D eigenvalue weighted by atomic mass is 10.0. The molecule has 2 aliphatic heterocycles. The SMILES string of the molecule is O=C(c1ccc(OC(F)(F)F)cc1)N1CCC[C@H]1c1ccc2c(c1)OCCCO2. The van der Waals surface area contributed by atoms with Gasteiger partial charge in [0.2, 0.25) is 0 Å². The predicted octanol–water partition coefficient (Wildman–Crippen LogP) is 4.72. The summed E-state index contributed by atoms with van der Waals surface area (Å²) in [5.74, 6) is 0.795. The van der Waals surface area contributed by atoms with Gasteiger partial charge in [0.15, 0.2) is 11.5 Å². The van der Waals surface area contributed by atoms with Crippen molar-refractivity contribution >= 4 is 5.91 Å². The number of rotatable bonds is 3. The highest BCUT2D eigenvalue weighted by atomic mass is 19.4. The summed E-state index contributed by atoms with van der Waals surface area (Å²) in [6.07, 6.45) is -2.30. The Balaban J connectivity index is 1.52. The number of halogens is 3. The molecule has 4 rings (SSSR count). The molecule has 0 N–H and O–H groups in total. The Morgan fingerprint density at radius 1 is 1.00 bits per heavy atom. The van der Waals surface area contributed by atoms with Gasteiger partial charge in [-0.05, 0) is 54.8 Å². The Morgan fingerprint density at radius 3 is 2.45 bits per heavy atom. The van der Waals surface area contributed by atoms with Crippen molar-refractivity contribution < 1.29 is 32.2 Å². The zero-order chi connectivity index (χ0) is 20.4. The van der Waals surface area contributed by atoms with Gasteiger partial charge in [-0.2, -0.15) is 0 Å². The quantitative estimate of drug-likeness (QED) is 0.739. The van der Waals surface area contributed by atoms with Gasteiger partial charge < -0.3 is 19.1 Å². The molecule has 1 amide bonds. The van der Waals surface area contributed by atoms with Crippen molar-refractivity contribution in [1.29, 1.82) is 0 Å². The lowest BCUT2D eigenvalue weighted by Gasteiger charge is -2.26. The second-order valence-electron chi connectivity index (χ2n) is 6.99. The molecule has 2 aromatic rings. The van der Waals surface area contributed by atoms with E-state index in [-0.39, 0.29) is 17.7 Å². The van der Waals surface area contributed by atoms with Gasteiger partial charge in [-0.3, -0.25) is 4.79 Å². The van der Waals surface area contributed by atoms with Crippen molar-refractivity contribution in [2.75, 3.05) is 19.8 Å². The zero-order valence-electron chi connectivity index (χ0n) is 15.6. The lowest BCUT2D eigenvalue weighted by molar-refractivity contribution is -0.274. The second kappa shape index (κ2) is 7.85. The maximum absolute atomic E-state index is 13.0. The summed E-state index contributed by atoms with van der Waals surface area (Å²) in [5.41, 5.74) is 1.28. The van der Waals surface area contributed by atoms with Crippen molar-refractivity contribution in [1.82, 2.24) is 4.90 Å². The van der Waals surface area contributed by atoms with Crippen LogP contribution in [0, 0.1) is 0 Å². The molecule has 0 aromatic heterocycles. The minimum Gasteiger partial charge on any atom is -0.490 e. The number of benzene rings is 2. The molecule has 1 atom stereocenters. The van der Waals surface area contributed by atoms with E-state index in [4.69, 9.17) is 9.47 Å². The van der Waals surface area contributed by atoms with Gasteiger partial charge in [0.1, 0.15) is 5.75 Å². The number of carbonyl (C=O) groups excluding carboxylic acids is 1. The standard InChI is InChI=1S/C21H20F3NO4/c22-21(23,24)29-16-7-4-14(5-8-16)20(26)25-10-1-3-17(25)15-6-9-18-19(13-15)28-12-2-11-27-18/h4-9,13,17H,1-3,10-12H2/t17-/m0/s1. The molecule has 0 unspecified atom stereocenters. The van der Waals surface area contributed by atoms with Gasteiger partial charge in [0.25, 0.3) is 5.91 Å². The molecule has 0 spiro atoms. The molecule has 2 aromatic carbocycles. The van der Waals surface area contributed by atoms with Crippen molar-refractivity contribution in [3.05, 3.63) is 53.6 Å². The van der Waals surface area contributed by atoms with Crippen LogP contribution in [0.2, 0.25) is 0 Å². The maximum Gasteiger partial charge on any atom is 0.573 e. The van der Waals surface area contributed by atoms with Crippen LogP contribution in [0.1, 0.15) is 41.2 Å². The number of amides is 1. The third-order valence-corrected chi connectivity index (χ3v) is 5.00. The van der Waals surface area contributed by atoms with E-state index in [9.17, 15) is 18.0 Å². The van der Waals surface area contributed by atoms with Crippen LogP contribution in [-0.2, 0) is 0 Å². The van der Waals surface area contributed by atoms with E-state index >= 15 is 0 Å². The monoisotopic (exact) mass is 407 g/mol. The number of fused-ring (bicyclic) bond motifs is 1. The average molecular weight is 407 g/mol. The topological polar surface area (TPSA) is 48.0 Å². The molecule has 1 fully saturated rings. The van der Waals surface area contributed by atoms with E-state index < -0.39 is 6.36 Å². The molecular formula is C21H20F3NO4. The van der Waals surface area contributed by atoms with Crippen LogP contribution in [0.4, 0.5) is 13.2 Å². The van der Waals surface area contributed by atoms with Crippen LogP contribution in [0.15, 0.2) is 42.5 Å². The molecule has 0 bridgehead atoms. The fourth-order valence-corrected chi connectivity index (χ4v) is 3.71. The van der Waals surface area contributed by atoms with Crippen molar-refractivity contribution in [2.45, 2.75) is 31.7 Å². The lowest BCUT2D eigenvalue weighted by Crippen LogP contribution is -2.30. The van der Waals surface area contributed by atoms with Gasteiger partial charge in [0, 0.05) is 18.5 Å². The predicted molar refractivity (Wildman–Crippen MR) is 98.2 cm³/mol. The average Bonchev–Trinajstić information content (AvgIpc) is 3.05. The van der Waals surface area contributed by atoms with E-state index in [1.807, 2.05) is 18.2 Å². The minimum atomic E-state index is -4.76. The largest absolute Gasteiger partial charge is 0.573 e. The molecule has 0 aliphatic carbocycles. The Hall–Kier alpha value is -2.90. The smallest absolute Gasteiger partial charge is 0.490 e. The maximum atomic E-state index is 13.0. The number of carbonyl (C=O) groups is 1. The van der Waals surface area contributed by atoms with Gasteiger partial charge in [-0.1, -0.05) is 6.07 Å². The molecule has 0 saturated carbocycles. The van der Waals surface area contributed by atoms with E-state index in [2.05, 4.69) is 4.74 Å². The molecule has 2 aliphatic rings. The van der Waals surface area contributed by atoms with Crippen LogP contribution in [0.5, 0.6) is 17.2 Å². The first kappa shape index (κ1) is 19.4. The first-order chi connectivity index (χ1) is 13.9. The third-order valence-electron chi connectivity index (χ3n) is 5.00. The Labute approximate surface area is 166 Å². The van der Waals surface area contributed by atoms with E-state index in [1.165, 1.54) is 12.1 Å². The van der Waals surface area contributed by atoms with Crippen LogP contribution in [-0.4, -0.2) is 36.9 Å². The van der Waals surface area contributed by atoms with Gasteiger partial charge in [-0.15, -0.1) is 13.2 Å². The second-order valence-corrected chi connectivity index (χ2v) is 6.99. The van der Waals surface area contributed by atoms with E-state index in [0.29, 0.717) is 36.8 Å². The van der Waals surface area contributed by atoms with Crippen LogP contribution >= 0.6 is 0 Å². The fourth-order valence-electron chi connectivity index (χ4n) is 3.71.